The summed E-state index contributed by atoms with van der Waals surface area (Å²) in [6.07, 6.45) is 0. The zero-order valence-corrected chi connectivity index (χ0v) is 14.1. The van der Waals surface area contributed by atoms with Gasteiger partial charge in [0.25, 0.3) is 0 Å². The first kappa shape index (κ1) is 15.5. The van der Waals surface area contributed by atoms with Gasteiger partial charge in [-0.05, 0) is 55.5 Å². The number of fused-ring (bicyclic) bond motifs is 1. The van der Waals surface area contributed by atoms with Crippen molar-refractivity contribution in [2.45, 2.75) is 33.6 Å². The predicted molar refractivity (Wildman–Crippen MR) is 89.8 cm³/mol. The van der Waals surface area contributed by atoms with E-state index in [2.05, 4.69) is 0 Å². The standard InChI is InChI=1S/C20H20O3/c1-10-12(3)20(23-5)13(4)11(2)16(10)17-18(21)14-8-6-7-9-15(14)19(17)22/h6-9,17H,1-5H3. The van der Waals surface area contributed by atoms with E-state index >= 15 is 0 Å². The van der Waals surface area contributed by atoms with E-state index in [0.717, 1.165) is 33.6 Å². The molecule has 3 rings (SSSR count). The Labute approximate surface area is 136 Å². The van der Waals surface area contributed by atoms with Crippen LogP contribution in [-0.2, 0) is 0 Å². The minimum Gasteiger partial charge on any atom is -0.496 e. The smallest absolute Gasteiger partial charge is 0.178 e. The summed E-state index contributed by atoms with van der Waals surface area (Å²) in [6, 6.07) is 7.08. The fraction of sp³-hybridized carbons (Fsp3) is 0.300. The molecule has 0 atom stereocenters. The van der Waals surface area contributed by atoms with Gasteiger partial charge >= 0.3 is 0 Å². The van der Waals surface area contributed by atoms with Gasteiger partial charge in [0.1, 0.15) is 11.7 Å². The molecule has 0 fully saturated rings. The molecular weight excluding hydrogens is 288 g/mol. The Balaban J connectivity index is 2.26. The number of methoxy groups -OCH3 is 1. The van der Waals surface area contributed by atoms with Gasteiger partial charge in [0.05, 0.1) is 7.11 Å². The summed E-state index contributed by atoms with van der Waals surface area (Å²) in [4.78, 5) is 25.7. The Morgan fingerprint density at radius 2 is 1.22 bits per heavy atom. The van der Waals surface area contributed by atoms with E-state index in [9.17, 15) is 9.59 Å². The topological polar surface area (TPSA) is 43.4 Å². The maximum Gasteiger partial charge on any atom is 0.178 e. The van der Waals surface area contributed by atoms with Crippen molar-refractivity contribution < 1.29 is 14.3 Å². The van der Waals surface area contributed by atoms with Gasteiger partial charge < -0.3 is 4.74 Å². The lowest BCUT2D eigenvalue weighted by molar-refractivity contribution is 0.0889. The highest BCUT2D eigenvalue weighted by molar-refractivity contribution is 6.30. The van der Waals surface area contributed by atoms with E-state index in [-0.39, 0.29) is 11.6 Å². The molecule has 0 N–H and O–H groups in total. The van der Waals surface area contributed by atoms with Crippen molar-refractivity contribution in [2.24, 2.45) is 0 Å². The normalized spacial score (nSPS) is 14.3. The minimum absolute atomic E-state index is 0.0965. The van der Waals surface area contributed by atoms with E-state index in [0.29, 0.717) is 11.1 Å². The van der Waals surface area contributed by atoms with E-state index in [4.69, 9.17) is 4.74 Å². The van der Waals surface area contributed by atoms with Gasteiger partial charge in [-0.2, -0.15) is 0 Å². The van der Waals surface area contributed by atoms with Crippen molar-refractivity contribution in [1.82, 2.24) is 0 Å². The molecule has 2 aromatic carbocycles. The van der Waals surface area contributed by atoms with Gasteiger partial charge in [-0.3, -0.25) is 9.59 Å². The molecule has 1 aliphatic rings. The fourth-order valence-electron chi connectivity index (χ4n) is 3.65. The number of hydrogen-bond acceptors (Lipinski definition) is 3. The van der Waals surface area contributed by atoms with Crippen LogP contribution in [0.5, 0.6) is 5.75 Å². The van der Waals surface area contributed by atoms with Crippen LogP contribution in [0.3, 0.4) is 0 Å². The number of carbonyl (C=O) groups excluding carboxylic acids is 2. The molecule has 23 heavy (non-hydrogen) atoms. The molecule has 0 bridgehead atoms. The number of rotatable bonds is 2. The number of hydrogen-bond donors (Lipinski definition) is 0. The molecule has 2 aromatic rings. The lowest BCUT2D eigenvalue weighted by Crippen LogP contribution is -2.17. The van der Waals surface area contributed by atoms with Gasteiger partial charge in [0.15, 0.2) is 11.6 Å². The third kappa shape index (κ3) is 2.03. The Bertz CT molecular complexity index is 782. The van der Waals surface area contributed by atoms with Crippen molar-refractivity contribution in [3.05, 3.63) is 63.2 Å². The van der Waals surface area contributed by atoms with E-state index in [1.807, 2.05) is 27.7 Å². The molecule has 0 heterocycles. The molecule has 3 heteroatoms. The molecule has 0 radical (unpaired) electrons. The second kappa shape index (κ2) is 5.34. The summed E-state index contributed by atoms with van der Waals surface area (Å²) in [7, 11) is 1.65. The number of ketones is 2. The van der Waals surface area contributed by atoms with Crippen LogP contribution >= 0.6 is 0 Å². The summed E-state index contributed by atoms with van der Waals surface area (Å²) >= 11 is 0. The van der Waals surface area contributed by atoms with E-state index < -0.39 is 5.92 Å². The average molecular weight is 308 g/mol. The summed E-state index contributed by atoms with van der Waals surface area (Å²) < 4.78 is 5.50. The number of ether oxygens (including phenoxy) is 1. The molecule has 0 amide bonds. The molecule has 3 nitrogen and oxygen atoms in total. The van der Waals surface area contributed by atoms with Crippen LogP contribution in [0.4, 0.5) is 0 Å². The van der Waals surface area contributed by atoms with Crippen LogP contribution in [0.15, 0.2) is 24.3 Å². The zero-order valence-electron chi connectivity index (χ0n) is 14.1. The zero-order chi connectivity index (χ0) is 16.9. The Morgan fingerprint density at radius 3 is 1.61 bits per heavy atom. The lowest BCUT2D eigenvalue weighted by atomic mass is 9.83. The first-order valence-corrected chi connectivity index (χ1v) is 7.71. The second-order valence-electron chi connectivity index (χ2n) is 6.15. The monoisotopic (exact) mass is 308 g/mol. The van der Waals surface area contributed by atoms with Crippen LogP contribution in [0.1, 0.15) is 54.5 Å². The quantitative estimate of drug-likeness (QED) is 0.785. The van der Waals surface area contributed by atoms with Crippen molar-refractivity contribution in [3.8, 4) is 5.75 Å². The maximum atomic E-state index is 12.8. The van der Waals surface area contributed by atoms with Crippen molar-refractivity contribution in [2.75, 3.05) is 7.11 Å². The van der Waals surface area contributed by atoms with Gasteiger partial charge in [0, 0.05) is 11.1 Å². The largest absolute Gasteiger partial charge is 0.496 e. The second-order valence-corrected chi connectivity index (χ2v) is 6.15. The van der Waals surface area contributed by atoms with E-state index in [1.165, 1.54) is 0 Å². The maximum absolute atomic E-state index is 12.8. The van der Waals surface area contributed by atoms with Crippen molar-refractivity contribution >= 4 is 11.6 Å². The van der Waals surface area contributed by atoms with Crippen LogP contribution in [0.2, 0.25) is 0 Å². The van der Waals surface area contributed by atoms with Gasteiger partial charge in [-0.1, -0.05) is 24.3 Å². The highest BCUT2D eigenvalue weighted by atomic mass is 16.5. The summed E-state index contributed by atoms with van der Waals surface area (Å²) in [5.41, 5.74) is 5.81. The van der Waals surface area contributed by atoms with Crippen LogP contribution in [0.25, 0.3) is 0 Å². The van der Waals surface area contributed by atoms with Gasteiger partial charge in [0.2, 0.25) is 0 Å². The first-order valence-electron chi connectivity index (χ1n) is 7.71. The molecule has 0 aliphatic heterocycles. The molecule has 0 saturated carbocycles. The summed E-state index contributed by atoms with van der Waals surface area (Å²) in [6.45, 7) is 7.87. The predicted octanol–water partition coefficient (Wildman–Crippen LogP) is 4.09. The Kier molecular flexibility index (Phi) is 3.59. The lowest BCUT2D eigenvalue weighted by Gasteiger charge is -2.22. The molecule has 0 spiro atoms. The Hall–Kier alpha value is -2.42. The third-order valence-electron chi connectivity index (χ3n) is 5.09. The molecule has 0 aromatic heterocycles. The molecule has 118 valence electrons. The third-order valence-corrected chi connectivity index (χ3v) is 5.09. The molecule has 0 unspecified atom stereocenters. The molecular formula is C20H20O3. The fourth-order valence-corrected chi connectivity index (χ4v) is 3.65. The summed E-state index contributed by atoms with van der Waals surface area (Å²) in [5, 5.41) is 0. The number of Topliss-reactive ketones (excluding diaryl/α,β-unsaturated/α-hetero) is 2. The Morgan fingerprint density at radius 1 is 0.783 bits per heavy atom. The van der Waals surface area contributed by atoms with Crippen molar-refractivity contribution in [1.29, 1.82) is 0 Å². The number of benzene rings is 2. The highest BCUT2D eigenvalue weighted by Crippen LogP contribution is 2.41. The van der Waals surface area contributed by atoms with Crippen LogP contribution in [-0.4, -0.2) is 18.7 Å². The van der Waals surface area contributed by atoms with Crippen molar-refractivity contribution in [3.63, 3.8) is 0 Å². The van der Waals surface area contributed by atoms with Gasteiger partial charge in [-0.25, -0.2) is 0 Å². The SMILES string of the molecule is COc1c(C)c(C)c(C2C(=O)c3ccccc3C2=O)c(C)c1C. The molecule has 0 saturated heterocycles. The van der Waals surface area contributed by atoms with Crippen LogP contribution in [0, 0.1) is 27.7 Å². The highest BCUT2D eigenvalue weighted by Gasteiger charge is 2.41. The minimum atomic E-state index is -0.726. The van der Waals surface area contributed by atoms with Crippen LogP contribution < -0.4 is 4.74 Å². The first-order chi connectivity index (χ1) is 10.9. The number of carbonyl (C=O) groups is 2. The summed E-state index contributed by atoms with van der Waals surface area (Å²) in [5.74, 6) is -0.0867. The van der Waals surface area contributed by atoms with Gasteiger partial charge in [-0.15, -0.1) is 0 Å². The molecule has 1 aliphatic carbocycles. The van der Waals surface area contributed by atoms with E-state index in [1.54, 1.807) is 31.4 Å². The average Bonchev–Trinajstić information content (AvgIpc) is 2.79.